The van der Waals surface area contributed by atoms with E-state index in [1.54, 1.807) is 39.8 Å². The summed E-state index contributed by atoms with van der Waals surface area (Å²) in [5.41, 5.74) is -0.0998. The molecular weight excluding hydrogens is 296 g/mol. The van der Waals surface area contributed by atoms with Crippen molar-refractivity contribution in [2.45, 2.75) is 39.3 Å². The van der Waals surface area contributed by atoms with Crippen LogP contribution in [0, 0.1) is 11.3 Å². The molecule has 2 aromatic heterocycles. The maximum atomic E-state index is 11.8. The number of ether oxygens (including phenoxy) is 1. The van der Waals surface area contributed by atoms with E-state index >= 15 is 0 Å². The van der Waals surface area contributed by atoms with E-state index in [-0.39, 0.29) is 0 Å². The molecule has 0 aliphatic rings. The maximum Gasteiger partial charge on any atom is 0.408 e. The molecule has 23 heavy (non-hydrogen) atoms. The van der Waals surface area contributed by atoms with E-state index in [4.69, 9.17) is 10.00 Å². The largest absolute Gasteiger partial charge is 0.444 e. The van der Waals surface area contributed by atoms with E-state index in [0.29, 0.717) is 17.2 Å². The monoisotopic (exact) mass is 314 g/mol. The van der Waals surface area contributed by atoms with Crippen LogP contribution in [-0.4, -0.2) is 31.4 Å². The molecule has 1 atom stereocenters. The Labute approximate surface area is 134 Å². The lowest BCUT2D eigenvalue weighted by Gasteiger charge is -2.21. The highest BCUT2D eigenvalue weighted by atomic mass is 16.6. The molecule has 2 aromatic rings. The number of aromatic nitrogens is 4. The summed E-state index contributed by atoms with van der Waals surface area (Å²) in [6, 6.07) is 4.90. The van der Waals surface area contributed by atoms with Crippen molar-refractivity contribution in [3.8, 4) is 11.9 Å². The molecule has 0 radical (unpaired) electrons. The van der Waals surface area contributed by atoms with Crippen molar-refractivity contribution in [1.82, 2.24) is 25.1 Å². The summed E-state index contributed by atoms with van der Waals surface area (Å²) in [6.45, 7) is 7.14. The lowest BCUT2D eigenvalue weighted by atomic mass is 10.2. The molecule has 0 spiro atoms. The average molecular weight is 314 g/mol. The molecule has 8 nitrogen and oxygen atoms in total. The number of carbonyl (C=O) groups is 1. The minimum Gasteiger partial charge on any atom is -0.444 e. The SMILES string of the molecule is C[C@H](NC(=O)OC(C)(C)C)c1ncn(-c2ccc(C#N)cn2)n1. The number of amides is 1. The van der Waals surface area contributed by atoms with Gasteiger partial charge < -0.3 is 10.1 Å². The number of hydrogen-bond acceptors (Lipinski definition) is 6. The maximum absolute atomic E-state index is 11.8. The van der Waals surface area contributed by atoms with Crippen LogP contribution in [0.5, 0.6) is 0 Å². The molecule has 0 saturated carbocycles. The first-order valence-corrected chi connectivity index (χ1v) is 7.06. The van der Waals surface area contributed by atoms with Crippen LogP contribution in [0.25, 0.3) is 5.82 Å². The highest BCUT2D eigenvalue weighted by molar-refractivity contribution is 5.68. The van der Waals surface area contributed by atoms with Crippen molar-refractivity contribution in [3.63, 3.8) is 0 Å². The first kappa shape index (κ1) is 16.4. The van der Waals surface area contributed by atoms with E-state index in [2.05, 4.69) is 20.4 Å². The first-order valence-electron chi connectivity index (χ1n) is 7.06. The van der Waals surface area contributed by atoms with Gasteiger partial charge in [-0.05, 0) is 39.8 Å². The van der Waals surface area contributed by atoms with Crippen LogP contribution >= 0.6 is 0 Å². The van der Waals surface area contributed by atoms with Crippen molar-refractivity contribution in [2.75, 3.05) is 0 Å². The molecule has 120 valence electrons. The van der Waals surface area contributed by atoms with Crippen LogP contribution < -0.4 is 5.32 Å². The second-order valence-electron chi connectivity index (χ2n) is 5.93. The van der Waals surface area contributed by atoms with Crippen molar-refractivity contribution < 1.29 is 9.53 Å². The Morgan fingerprint density at radius 3 is 2.70 bits per heavy atom. The molecule has 0 saturated heterocycles. The second kappa shape index (κ2) is 6.44. The van der Waals surface area contributed by atoms with Gasteiger partial charge in [-0.1, -0.05) is 0 Å². The number of rotatable bonds is 3. The summed E-state index contributed by atoms with van der Waals surface area (Å²) < 4.78 is 6.67. The number of hydrogen-bond donors (Lipinski definition) is 1. The lowest BCUT2D eigenvalue weighted by molar-refractivity contribution is 0.0506. The summed E-state index contributed by atoms with van der Waals surface area (Å²) in [5, 5.41) is 15.7. The van der Waals surface area contributed by atoms with Gasteiger partial charge in [0.15, 0.2) is 11.6 Å². The van der Waals surface area contributed by atoms with Gasteiger partial charge in [0.2, 0.25) is 0 Å². The van der Waals surface area contributed by atoms with Gasteiger partial charge in [0, 0.05) is 6.20 Å². The molecule has 1 amide bonds. The number of nitrogens with zero attached hydrogens (tertiary/aromatic N) is 5. The third kappa shape index (κ3) is 4.51. The molecule has 0 fully saturated rings. The predicted octanol–water partition coefficient (Wildman–Crippen LogP) is 2.12. The molecule has 2 heterocycles. The Bertz CT molecular complexity index is 724. The number of nitrogens with one attached hydrogen (secondary N) is 1. The van der Waals surface area contributed by atoms with E-state index in [0.717, 1.165) is 0 Å². The van der Waals surface area contributed by atoms with Gasteiger partial charge >= 0.3 is 6.09 Å². The van der Waals surface area contributed by atoms with E-state index in [1.165, 1.54) is 17.2 Å². The van der Waals surface area contributed by atoms with Crippen LogP contribution in [0.15, 0.2) is 24.7 Å². The van der Waals surface area contributed by atoms with Crippen LogP contribution in [0.4, 0.5) is 4.79 Å². The zero-order valence-electron chi connectivity index (χ0n) is 13.4. The fourth-order valence-corrected chi connectivity index (χ4v) is 1.72. The molecular formula is C15H18N6O2. The normalized spacial score (nSPS) is 12.3. The van der Waals surface area contributed by atoms with Crippen LogP contribution in [0.2, 0.25) is 0 Å². The molecule has 0 aliphatic carbocycles. The second-order valence-corrected chi connectivity index (χ2v) is 5.93. The third-order valence-electron chi connectivity index (χ3n) is 2.74. The molecule has 0 bridgehead atoms. The minimum atomic E-state index is -0.566. The van der Waals surface area contributed by atoms with E-state index in [1.807, 2.05) is 6.07 Å². The molecule has 2 rings (SSSR count). The standard InChI is InChI=1S/C15H18N6O2/c1-10(19-14(22)23-15(2,3)4)13-18-9-21(20-13)12-6-5-11(7-16)8-17-12/h5-6,8-10H,1-4H3,(H,19,22)/t10-/m0/s1. The van der Waals surface area contributed by atoms with Gasteiger partial charge in [0.1, 0.15) is 18.0 Å². The van der Waals surface area contributed by atoms with Gasteiger partial charge in [0.05, 0.1) is 11.6 Å². The molecule has 0 unspecified atom stereocenters. The van der Waals surface area contributed by atoms with E-state index in [9.17, 15) is 4.79 Å². The Balaban J connectivity index is 2.06. The Hall–Kier alpha value is -2.95. The zero-order chi connectivity index (χ0) is 17.0. The zero-order valence-corrected chi connectivity index (χ0v) is 13.4. The van der Waals surface area contributed by atoms with Crippen LogP contribution in [0.1, 0.15) is 45.1 Å². The summed E-state index contributed by atoms with van der Waals surface area (Å²) in [7, 11) is 0. The van der Waals surface area contributed by atoms with Crippen LogP contribution in [0.3, 0.4) is 0 Å². The minimum absolute atomic E-state index is 0.413. The lowest BCUT2D eigenvalue weighted by Crippen LogP contribution is -2.34. The highest BCUT2D eigenvalue weighted by Gasteiger charge is 2.20. The Morgan fingerprint density at radius 1 is 1.39 bits per heavy atom. The quantitative estimate of drug-likeness (QED) is 0.930. The Kier molecular flexibility index (Phi) is 4.60. The number of pyridine rings is 1. The number of carbonyl (C=O) groups excluding carboxylic acids is 1. The fraction of sp³-hybridized carbons (Fsp3) is 0.400. The van der Waals surface area contributed by atoms with E-state index < -0.39 is 17.7 Å². The van der Waals surface area contributed by atoms with Gasteiger partial charge in [-0.25, -0.2) is 19.4 Å². The van der Waals surface area contributed by atoms with Crippen molar-refractivity contribution in [3.05, 3.63) is 36.0 Å². The van der Waals surface area contributed by atoms with Crippen LogP contribution in [-0.2, 0) is 4.74 Å². The highest BCUT2D eigenvalue weighted by Crippen LogP contribution is 2.12. The summed E-state index contributed by atoms with van der Waals surface area (Å²) in [6.07, 6.45) is 2.42. The van der Waals surface area contributed by atoms with Gasteiger partial charge in [-0.2, -0.15) is 5.26 Å². The molecule has 0 aromatic carbocycles. The number of alkyl carbamates (subject to hydrolysis) is 1. The van der Waals surface area contributed by atoms with Gasteiger partial charge in [0.25, 0.3) is 0 Å². The molecule has 8 heteroatoms. The molecule has 1 N–H and O–H groups in total. The fourth-order valence-electron chi connectivity index (χ4n) is 1.72. The number of nitriles is 1. The molecule has 0 aliphatic heterocycles. The summed E-state index contributed by atoms with van der Waals surface area (Å²) in [4.78, 5) is 20.0. The predicted molar refractivity (Wildman–Crippen MR) is 81.7 cm³/mol. The average Bonchev–Trinajstić information content (AvgIpc) is 2.95. The Morgan fingerprint density at radius 2 is 2.13 bits per heavy atom. The van der Waals surface area contributed by atoms with Crippen molar-refractivity contribution >= 4 is 6.09 Å². The summed E-state index contributed by atoms with van der Waals surface area (Å²) in [5.74, 6) is 0.967. The smallest absolute Gasteiger partial charge is 0.408 e. The van der Waals surface area contributed by atoms with Gasteiger partial charge in [-0.15, -0.1) is 5.10 Å². The third-order valence-corrected chi connectivity index (χ3v) is 2.74. The topological polar surface area (TPSA) is 106 Å². The first-order chi connectivity index (χ1) is 10.8. The summed E-state index contributed by atoms with van der Waals surface area (Å²) >= 11 is 0. The van der Waals surface area contributed by atoms with Crippen molar-refractivity contribution in [2.24, 2.45) is 0 Å². The van der Waals surface area contributed by atoms with Gasteiger partial charge in [-0.3, -0.25) is 0 Å². The van der Waals surface area contributed by atoms with Crippen molar-refractivity contribution in [1.29, 1.82) is 5.26 Å².